The first-order valence-electron chi connectivity index (χ1n) is 10.4. The molecule has 0 aromatic heterocycles. The van der Waals surface area contributed by atoms with Gasteiger partial charge in [0.1, 0.15) is 0 Å². The minimum absolute atomic E-state index is 0.0861. The van der Waals surface area contributed by atoms with E-state index in [2.05, 4.69) is 6.58 Å². The number of hydrogen-bond donors (Lipinski definition) is 0. The molecule has 6 heteroatoms. The van der Waals surface area contributed by atoms with Gasteiger partial charge in [-0.05, 0) is 42.3 Å². The van der Waals surface area contributed by atoms with Gasteiger partial charge >= 0.3 is 0 Å². The summed E-state index contributed by atoms with van der Waals surface area (Å²) in [5.74, 6) is -0.0861. The summed E-state index contributed by atoms with van der Waals surface area (Å²) in [4.78, 5) is 14.7. The maximum Gasteiger partial charge on any atom is 0.253 e. The Balaban J connectivity index is 1.71. The summed E-state index contributed by atoms with van der Waals surface area (Å²) in [5.41, 5.74) is 3.60. The number of carbonyl (C=O) groups is 1. The van der Waals surface area contributed by atoms with E-state index < -0.39 is 10.0 Å². The van der Waals surface area contributed by atoms with Crippen molar-refractivity contribution in [3.8, 4) is 0 Å². The van der Waals surface area contributed by atoms with Gasteiger partial charge < -0.3 is 4.90 Å². The molecule has 3 aromatic carbocycles. The smallest absolute Gasteiger partial charge is 0.253 e. The van der Waals surface area contributed by atoms with E-state index in [1.165, 1.54) is 9.87 Å². The highest BCUT2D eigenvalue weighted by atomic mass is 32.2. The molecule has 0 spiro atoms. The number of carbonyl (C=O) groups excluding carboxylic acids is 1. The highest BCUT2D eigenvalue weighted by Gasteiger charge is 2.23. The summed E-state index contributed by atoms with van der Waals surface area (Å²) in [5, 5.41) is 0. The van der Waals surface area contributed by atoms with Crippen molar-refractivity contribution in [3.63, 3.8) is 0 Å². The fourth-order valence-electron chi connectivity index (χ4n) is 3.35. The van der Waals surface area contributed by atoms with Crippen molar-refractivity contribution in [2.45, 2.75) is 24.9 Å². The molecule has 0 aliphatic heterocycles. The molecule has 0 fully saturated rings. The highest BCUT2D eigenvalue weighted by molar-refractivity contribution is 7.89. The Morgan fingerprint density at radius 2 is 1.44 bits per heavy atom. The third-order valence-electron chi connectivity index (χ3n) is 5.16. The van der Waals surface area contributed by atoms with E-state index in [-0.39, 0.29) is 23.9 Å². The molecular formula is C26H28N2O3S. The molecule has 0 unspecified atom stereocenters. The van der Waals surface area contributed by atoms with Crippen molar-refractivity contribution in [3.05, 3.63) is 114 Å². The predicted molar refractivity (Wildman–Crippen MR) is 128 cm³/mol. The van der Waals surface area contributed by atoms with Crippen LogP contribution in [0.5, 0.6) is 0 Å². The molecule has 0 heterocycles. The fourth-order valence-corrected chi connectivity index (χ4v) is 4.77. The summed E-state index contributed by atoms with van der Waals surface area (Å²) in [6.45, 7) is 6.62. The van der Waals surface area contributed by atoms with Gasteiger partial charge in [-0.25, -0.2) is 8.42 Å². The average Bonchev–Trinajstić information content (AvgIpc) is 2.81. The van der Waals surface area contributed by atoms with E-state index in [4.69, 9.17) is 0 Å². The van der Waals surface area contributed by atoms with Crippen molar-refractivity contribution >= 4 is 15.9 Å². The van der Waals surface area contributed by atoms with Gasteiger partial charge in [-0.15, -0.1) is 6.58 Å². The molecule has 32 heavy (non-hydrogen) atoms. The van der Waals surface area contributed by atoms with E-state index in [0.29, 0.717) is 12.1 Å². The number of benzene rings is 3. The van der Waals surface area contributed by atoms with Crippen molar-refractivity contribution in [2.24, 2.45) is 0 Å². The molecule has 0 atom stereocenters. The van der Waals surface area contributed by atoms with Gasteiger partial charge in [0, 0.05) is 32.2 Å². The lowest BCUT2D eigenvalue weighted by Crippen LogP contribution is -2.31. The van der Waals surface area contributed by atoms with Gasteiger partial charge in [0.05, 0.1) is 4.90 Å². The number of amides is 1. The first kappa shape index (κ1) is 23.4. The molecule has 0 bridgehead atoms. The number of hydrogen-bond acceptors (Lipinski definition) is 3. The second-order valence-corrected chi connectivity index (χ2v) is 9.68. The predicted octanol–water partition coefficient (Wildman–Crippen LogP) is 4.64. The Morgan fingerprint density at radius 1 is 0.875 bits per heavy atom. The highest BCUT2D eigenvalue weighted by Crippen LogP contribution is 2.19. The molecule has 0 saturated heterocycles. The van der Waals surface area contributed by atoms with Gasteiger partial charge in [-0.3, -0.25) is 4.79 Å². The Morgan fingerprint density at radius 3 is 2.03 bits per heavy atom. The summed E-state index contributed by atoms with van der Waals surface area (Å²) in [7, 11) is -1.88. The summed E-state index contributed by atoms with van der Waals surface area (Å²) < 4.78 is 27.4. The third-order valence-corrected chi connectivity index (χ3v) is 6.99. The van der Waals surface area contributed by atoms with Gasteiger partial charge in [-0.2, -0.15) is 4.31 Å². The van der Waals surface area contributed by atoms with Gasteiger partial charge in [0.15, 0.2) is 0 Å². The molecule has 0 radical (unpaired) electrons. The topological polar surface area (TPSA) is 57.7 Å². The van der Waals surface area contributed by atoms with Crippen LogP contribution < -0.4 is 0 Å². The maximum atomic E-state index is 13.0. The van der Waals surface area contributed by atoms with Crippen LogP contribution in [0.1, 0.15) is 27.0 Å². The van der Waals surface area contributed by atoms with Crippen LogP contribution in [0.25, 0.3) is 0 Å². The molecule has 3 rings (SSSR count). The Labute approximate surface area is 190 Å². The van der Waals surface area contributed by atoms with Gasteiger partial charge in [-0.1, -0.05) is 66.2 Å². The van der Waals surface area contributed by atoms with Gasteiger partial charge in [0.2, 0.25) is 10.0 Å². The van der Waals surface area contributed by atoms with Crippen LogP contribution in [0.4, 0.5) is 0 Å². The largest absolute Gasteiger partial charge is 0.337 e. The maximum absolute atomic E-state index is 13.0. The second-order valence-electron chi connectivity index (χ2n) is 7.74. The number of rotatable bonds is 9. The Hall–Kier alpha value is -3.22. The van der Waals surface area contributed by atoms with Crippen LogP contribution in [-0.4, -0.2) is 37.1 Å². The molecule has 166 valence electrons. The van der Waals surface area contributed by atoms with E-state index in [9.17, 15) is 13.2 Å². The summed E-state index contributed by atoms with van der Waals surface area (Å²) in [6.07, 6.45) is 1.57. The zero-order valence-corrected chi connectivity index (χ0v) is 19.3. The molecular weight excluding hydrogens is 420 g/mol. The lowest BCUT2D eigenvalue weighted by molar-refractivity contribution is 0.0785. The minimum Gasteiger partial charge on any atom is -0.337 e. The first-order valence-corrected chi connectivity index (χ1v) is 11.8. The molecule has 1 amide bonds. The molecule has 0 N–H and O–H groups in total. The monoisotopic (exact) mass is 448 g/mol. The average molecular weight is 449 g/mol. The van der Waals surface area contributed by atoms with Crippen LogP contribution in [0, 0.1) is 6.92 Å². The zero-order chi connectivity index (χ0) is 23.1. The van der Waals surface area contributed by atoms with E-state index in [1.54, 1.807) is 72.6 Å². The van der Waals surface area contributed by atoms with Crippen LogP contribution in [0.2, 0.25) is 0 Å². The van der Waals surface area contributed by atoms with Crippen molar-refractivity contribution < 1.29 is 13.2 Å². The Bertz CT molecular complexity index is 1160. The number of aryl methyl sites for hydroxylation is 1. The third kappa shape index (κ3) is 5.72. The van der Waals surface area contributed by atoms with Gasteiger partial charge in [0.25, 0.3) is 5.91 Å². The van der Waals surface area contributed by atoms with Crippen LogP contribution in [0.3, 0.4) is 0 Å². The Kier molecular flexibility index (Phi) is 7.62. The summed E-state index contributed by atoms with van der Waals surface area (Å²) >= 11 is 0. The SMILES string of the molecule is C=CCN(Cc1ccc(C(=O)N(C)Cc2ccc(C)cc2)cc1)S(=O)(=O)c1ccccc1. The minimum atomic E-state index is -3.65. The standard InChI is InChI=1S/C26H28N2O3S/c1-4-18-28(32(30,31)25-8-6-5-7-9-25)20-23-14-16-24(17-15-23)26(29)27(3)19-22-12-10-21(2)11-13-22/h4-17H,1,18-20H2,2-3H3. The van der Waals surface area contributed by atoms with Crippen molar-refractivity contribution in [1.29, 1.82) is 0 Å². The molecule has 0 saturated carbocycles. The normalized spacial score (nSPS) is 11.3. The number of nitrogens with zero attached hydrogens (tertiary/aromatic N) is 2. The van der Waals surface area contributed by atoms with Crippen molar-refractivity contribution in [1.82, 2.24) is 9.21 Å². The van der Waals surface area contributed by atoms with E-state index in [0.717, 1.165) is 11.1 Å². The van der Waals surface area contributed by atoms with Crippen LogP contribution in [-0.2, 0) is 23.1 Å². The molecule has 3 aromatic rings. The fraction of sp³-hybridized carbons (Fsp3) is 0.192. The second kappa shape index (κ2) is 10.4. The van der Waals surface area contributed by atoms with Crippen LogP contribution >= 0.6 is 0 Å². The lowest BCUT2D eigenvalue weighted by atomic mass is 10.1. The molecule has 5 nitrogen and oxygen atoms in total. The van der Waals surface area contributed by atoms with Crippen molar-refractivity contribution in [2.75, 3.05) is 13.6 Å². The van der Waals surface area contributed by atoms with Crippen LogP contribution in [0.15, 0.2) is 96.4 Å². The van der Waals surface area contributed by atoms with E-state index >= 15 is 0 Å². The molecule has 0 aliphatic rings. The van der Waals surface area contributed by atoms with E-state index in [1.807, 2.05) is 31.2 Å². The number of sulfonamides is 1. The molecule has 0 aliphatic carbocycles. The zero-order valence-electron chi connectivity index (χ0n) is 18.4. The summed E-state index contributed by atoms with van der Waals surface area (Å²) in [6, 6.07) is 23.5. The quantitative estimate of drug-likeness (QED) is 0.448. The lowest BCUT2D eigenvalue weighted by Gasteiger charge is -2.21. The first-order chi connectivity index (χ1) is 15.3.